The summed E-state index contributed by atoms with van der Waals surface area (Å²) in [6, 6.07) is 0. The molecule has 1 aliphatic heterocycles. The maximum Gasteiger partial charge on any atom is 0.227 e. The minimum absolute atomic E-state index is 0.123. The lowest BCUT2D eigenvalue weighted by Gasteiger charge is -2.37. The number of rotatable bonds is 7. The molecular weight excluding hydrogens is 240 g/mol. The molecule has 4 nitrogen and oxygen atoms in total. The molecular formula is C15H30N2O2. The molecule has 1 heterocycles. The van der Waals surface area contributed by atoms with Crippen molar-refractivity contribution in [2.45, 2.75) is 52.9 Å². The van der Waals surface area contributed by atoms with Crippen molar-refractivity contribution in [1.82, 2.24) is 5.32 Å². The Bertz CT molecular complexity index is 274. The summed E-state index contributed by atoms with van der Waals surface area (Å²) in [5, 5.41) is 3.16. The third-order valence-electron chi connectivity index (χ3n) is 5.20. The topological polar surface area (TPSA) is 64.4 Å². The minimum atomic E-state index is -0.404. The lowest BCUT2D eigenvalue weighted by molar-refractivity contribution is -0.136. The van der Waals surface area contributed by atoms with Crippen molar-refractivity contribution in [2.24, 2.45) is 16.6 Å². The van der Waals surface area contributed by atoms with Crippen molar-refractivity contribution in [3.05, 3.63) is 0 Å². The van der Waals surface area contributed by atoms with Crippen LogP contribution < -0.4 is 11.1 Å². The Morgan fingerprint density at radius 3 is 2.16 bits per heavy atom. The SMILES string of the molecule is CCC(CC)(CC)CNC(=O)C1(CN)CCOCC1. The number of nitrogens with one attached hydrogen (secondary N) is 1. The first-order chi connectivity index (χ1) is 9.08. The molecule has 4 heteroatoms. The molecule has 1 aliphatic rings. The van der Waals surface area contributed by atoms with Gasteiger partial charge in [0.15, 0.2) is 0 Å². The fourth-order valence-electron chi connectivity index (χ4n) is 2.87. The number of carbonyl (C=O) groups is 1. The highest BCUT2D eigenvalue weighted by atomic mass is 16.5. The van der Waals surface area contributed by atoms with E-state index in [9.17, 15) is 4.79 Å². The zero-order valence-corrected chi connectivity index (χ0v) is 12.8. The highest BCUT2D eigenvalue weighted by Crippen LogP contribution is 2.32. The van der Waals surface area contributed by atoms with Gasteiger partial charge in [0.05, 0.1) is 5.41 Å². The molecule has 0 aromatic carbocycles. The van der Waals surface area contributed by atoms with Gasteiger partial charge in [-0.1, -0.05) is 20.8 Å². The van der Waals surface area contributed by atoms with Crippen molar-refractivity contribution in [1.29, 1.82) is 0 Å². The average molecular weight is 270 g/mol. The molecule has 0 saturated carbocycles. The quantitative estimate of drug-likeness (QED) is 0.744. The van der Waals surface area contributed by atoms with Gasteiger partial charge >= 0.3 is 0 Å². The number of ether oxygens (including phenoxy) is 1. The van der Waals surface area contributed by atoms with Gasteiger partial charge in [0.25, 0.3) is 0 Å². The third-order valence-corrected chi connectivity index (χ3v) is 5.20. The summed E-state index contributed by atoms with van der Waals surface area (Å²) in [5.74, 6) is 0.123. The molecule has 1 fully saturated rings. The van der Waals surface area contributed by atoms with Crippen molar-refractivity contribution in [2.75, 3.05) is 26.3 Å². The van der Waals surface area contributed by atoms with E-state index in [4.69, 9.17) is 10.5 Å². The number of hydrogen-bond acceptors (Lipinski definition) is 3. The van der Waals surface area contributed by atoms with E-state index < -0.39 is 5.41 Å². The molecule has 3 N–H and O–H groups in total. The smallest absolute Gasteiger partial charge is 0.227 e. The molecule has 19 heavy (non-hydrogen) atoms. The van der Waals surface area contributed by atoms with Crippen LogP contribution in [0.1, 0.15) is 52.9 Å². The summed E-state index contributed by atoms with van der Waals surface area (Å²) in [7, 11) is 0. The number of carbonyl (C=O) groups excluding carboxylic acids is 1. The molecule has 1 saturated heterocycles. The van der Waals surface area contributed by atoms with Crippen molar-refractivity contribution >= 4 is 5.91 Å². The molecule has 0 aliphatic carbocycles. The van der Waals surface area contributed by atoms with E-state index in [1.807, 2.05) is 0 Å². The second-order valence-corrected chi connectivity index (χ2v) is 5.84. The summed E-state index contributed by atoms with van der Waals surface area (Å²) >= 11 is 0. The van der Waals surface area contributed by atoms with Gasteiger partial charge in [-0.3, -0.25) is 4.79 Å². The van der Waals surface area contributed by atoms with E-state index in [-0.39, 0.29) is 11.3 Å². The van der Waals surface area contributed by atoms with Crippen LogP contribution in [0.2, 0.25) is 0 Å². The van der Waals surface area contributed by atoms with E-state index in [0.29, 0.717) is 19.8 Å². The predicted octanol–water partition coefficient (Wildman–Crippen LogP) is 2.07. The summed E-state index contributed by atoms with van der Waals surface area (Å²) in [4.78, 5) is 12.5. The molecule has 0 aromatic heterocycles. The van der Waals surface area contributed by atoms with Gasteiger partial charge in [-0.2, -0.15) is 0 Å². The van der Waals surface area contributed by atoms with Crippen molar-refractivity contribution in [3.8, 4) is 0 Å². The van der Waals surface area contributed by atoms with E-state index in [2.05, 4.69) is 26.1 Å². The van der Waals surface area contributed by atoms with E-state index >= 15 is 0 Å². The van der Waals surface area contributed by atoms with Gasteiger partial charge < -0.3 is 15.8 Å². The predicted molar refractivity (Wildman–Crippen MR) is 77.9 cm³/mol. The van der Waals surface area contributed by atoms with Gasteiger partial charge in [0, 0.05) is 26.3 Å². The molecule has 0 radical (unpaired) electrons. The molecule has 1 amide bonds. The molecule has 112 valence electrons. The van der Waals surface area contributed by atoms with Crippen LogP contribution in [0.3, 0.4) is 0 Å². The number of hydrogen-bond donors (Lipinski definition) is 2. The van der Waals surface area contributed by atoms with Crippen LogP contribution in [0, 0.1) is 10.8 Å². The Balaban J connectivity index is 2.62. The summed E-state index contributed by atoms with van der Waals surface area (Å²) in [6.07, 6.45) is 4.77. The average Bonchev–Trinajstić information content (AvgIpc) is 2.49. The summed E-state index contributed by atoms with van der Waals surface area (Å²) < 4.78 is 5.35. The largest absolute Gasteiger partial charge is 0.381 e. The van der Waals surface area contributed by atoms with Gasteiger partial charge in [-0.15, -0.1) is 0 Å². The number of nitrogens with two attached hydrogens (primary N) is 1. The van der Waals surface area contributed by atoms with Crippen molar-refractivity contribution in [3.63, 3.8) is 0 Å². The first-order valence-electron chi connectivity index (χ1n) is 7.64. The highest BCUT2D eigenvalue weighted by Gasteiger charge is 2.39. The summed E-state index contributed by atoms with van der Waals surface area (Å²) in [5.41, 5.74) is 5.69. The first kappa shape index (κ1) is 16.4. The fraction of sp³-hybridized carbons (Fsp3) is 0.933. The van der Waals surface area contributed by atoms with Crippen LogP contribution in [-0.2, 0) is 9.53 Å². The highest BCUT2D eigenvalue weighted by molar-refractivity contribution is 5.83. The Labute approximate surface area is 117 Å². The normalized spacial score (nSPS) is 19.2. The Morgan fingerprint density at radius 1 is 1.21 bits per heavy atom. The van der Waals surface area contributed by atoms with Gasteiger partial charge in [0.2, 0.25) is 5.91 Å². The Morgan fingerprint density at radius 2 is 1.74 bits per heavy atom. The minimum Gasteiger partial charge on any atom is -0.381 e. The van der Waals surface area contributed by atoms with Crippen LogP contribution in [-0.4, -0.2) is 32.2 Å². The molecule has 0 unspecified atom stereocenters. The molecule has 0 bridgehead atoms. The zero-order valence-electron chi connectivity index (χ0n) is 12.8. The van der Waals surface area contributed by atoms with Gasteiger partial charge in [-0.25, -0.2) is 0 Å². The van der Waals surface area contributed by atoms with Crippen LogP contribution >= 0.6 is 0 Å². The van der Waals surface area contributed by atoms with Crippen LogP contribution in [0.15, 0.2) is 0 Å². The fourth-order valence-corrected chi connectivity index (χ4v) is 2.87. The maximum absolute atomic E-state index is 12.5. The van der Waals surface area contributed by atoms with Crippen LogP contribution in [0.25, 0.3) is 0 Å². The van der Waals surface area contributed by atoms with Gasteiger partial charge in [-0.05, 0) is 37.5 Å². The second-order valence-electron chi connectivity index (χ2n) is 5.84. The summed E-state index contributed by atoms with van der Waals surface area (Å²) in [6.45, 7) is 9.07. The lowest BCUT2D eigenvalue weighted by Crippen LogP contribution is -2.51. The maximum atomic E-state index is 12.5. The lowest BCUT2D eigenvalue weighted by atomic mass is 9.77. The zero-order chi connectivity index (χ0) is 14.4. The number of amides is 1. The molecule has 1 rings (SSSR count). The third kappa shape index (κ3) is 3.69. The van der Waals surface area contributed by atoms with Crippen molar-refractivity contribution < 1.29 is 9.53 Å². The standard InChI is InChI=1S/C15H30N2O2/c1-4-14(5-2,6-3)12-17-13(18)15(11-16)7-9-19-10-8-15/h4-12,16H2,1-3H3,(H,17,18). The second kappa shape index (κ2) is 7.25. The molecule has 0 atom stereocenters. The Kier molecular flexibility index (Phi) is 6.27. The molecule has 0 aromatic rings. The van der Waals surface area contributed by atoms with Gasteiger partial charge in [0.1, 0.15) is 0 Å². The van der Waals surface area contributed by atoms with E-state index in [1.54, 1.807) is 0 Å². The van der Waals surface area contributed by atoms with E-state index in [1.165, 1.54) is 0 Å². The van der Waals surface area contributed by atoms with Crippen LogP contribution in [0.4, 0.5) is 0 Å². The molecule has 0 spiro atoms. The van der Waals surface area contributed by atoms with E-state index in [0.717, 1.165) is 38.6 Å². The Hall–Kier alpha value is -0.610. The first-order valence-corrected chi connectivity index (χ1v) is 7.64. The van der Waals surface area contributed by atoms with Crippen LogP contribution in [0.5, 0.6) is 0 Å². The monoisotopic (exact) mass is 270 g/mol.